The van der Waals surface area contributed by atoms with E-state index >= 15 is 0 Å². The molecule has 0 saturated heterocycles. The van der Waals surface area contributed by atoms with Gasteiger partial charge in [0.1, 0.15) is 10.3 Å². The lowest BCUT2D eigenvalue weighted by Crippen LogP contribution is -1.99. The summed E-state index contributed by atoms with van der Waals surface area (Å²) in [5, 5.41) is 8.28. The molecule has 0 radical (unpaired) electrons. The second kappa shape index (κ2) is 7.19. The third kappa shape index (κ3) is 4.28. The van der Waals surface area contributed by atoms with Crippen LogP contribution >= 0.6 is 15.9 Å². The molecule has 0 unspecified atom stereocenters. The second-order valence-electron chi connectivity index (χ2n) is 4.13. The highest BCUT2D eigenvalue weighted by atomic mass is 79.9. The van der Waals surface area contributed by atoms with Crippen LogP contribution in [0.4, 0.5) is 0 Å². The van der Waals surface area contributed by atoms with Crippen LogP contribution in [0.1, 0.15) is 37.9 Å². The number of hydrogen-bond donors (Lipinski definition) is 1. The van der Waals surface area contributed by atoms with E-state index in [-0.39, 0.29) is 0 Å². The Balaban J connectivity index is 2.93. The number of aryl methyl sites for hydroxylation is 1. The summed E-state index contributed by atoms with van der Waals surface area (Å²) >= 11 is 3.39. The number of nitrogens with zero attached hydrogens (tertiary/aromatic N) is 3. The first-order valence-corrected chi connectivity index (χ1v) is 7.00. The summed E-state index contributed by atoms with van der Waals surface area (Å²) in [6.07, 6.45) is 1.52. The first kappa shape index (κ1) is 15.6. The molecule has 1 aromatic heterocycles. The maximum Gasteiger partial charge on any atom is 0.109 e. The van der Waals surface area contributed by atoms with E-state index in [2.05, 4.69) is 37.7 Å². The molecule has 0 amide bonds. The molecule has 2 N–H and O–H groups in total. The molecular weight excluding hydrogens is 304 g/mol. The van der Waals surface area contributed by atoms with E-state index in [4.69, 9.17) is 5.73 Å². The van der Waals surface area contributed by atoms with Gasteiger partial charge in [0.05, 0.1) is 11.4 Å². The van der Waals surface area contributed by atoms with Crippen LogP contribution < -0.4 is 5.73 Å². The van der Waals surface area contributed by atoms with Crippen molar-refractivity contribution < 1.29 is 0 Å². The summed E-state index contributed by atoms with van der Waals surface area (Å²) in [4.78, 5) is 4.36. The molecule has 102 valence electrons. The molecule has 1 heterocycles. The summed E-state index contributed by atoms with van der Waals surface area (Å²) in [5.41, 5.74) is 9.72. The van der Waals surface area contributed by atoms with Gasteiger partial charge in [-0.05, 0) is 47.3 Å². The molecule has 1 aromatic rings. The quantitative estimate of drug-likeness (QED) is 0.637. The zero-order chi connectivity index (χ0) is 14.4. The zero-order valence-electron chi connectivity index (χ0n) is 11.6. The van der Waals surface area contributed by atoms with Crippen LogP contribution in [0.5, 0.6) is 0 Å². The minimum atomic E-state index is 0.524. The van der Waals surface area contributed by atoms with Gasteiger partial charge in [0, 0.05) is 5.70 Å². The highest BCUT2D eigenvalue weighted by Gasteiger charge is 2.04. The summed E-state index contributed by atoms with van der Waals surface area (Å²) < 4.78 is 0.792. The Morgan fingerprint density at radius 2 is 2.00 bits per heavy atom. The van der Waals surface area contributed by atoms with E-state index in [9.17, 15) is 0 Å². The third-order valence-corrected chi connectivity index (χ3v) is 3.51. The molecule has 0 bridgehead atoms. The van der Waals surface area contributed by atoms with Gasteiger partial charge in [-0.1, -0.05) is 26.5 Å². The number of pyridine rings is 1. The lowest BCUT2D eigenvalue weighted by molar-refractivity contribution is 0.916. The van der Waals surface area contributed by atoms with Crippen molar-refractivity contribution in [3.8, 4) is 0 Å². The van der Waals surface area contributed by atoms with Gasteiger partial charge in [-0.3, -0.25) is 0 Å². The van der Waals surface area contributed by atoms with Crippen molar-refractivity contribution in [2.45, 2.75) is 33.6 Å². The summed E-state index contributed by atoms with van der Waals surface area (Å²) in [6.45, 7) is 9.85. The van der Waals surface area contributed by atoms with Crippen molar-refractivity contribution in [3.63, 3.8) is 0 Å². The average molecular weight is 323 g/mol. The Kier molecular flexibility index (Phi) is 5.89. The molecule has 0 aliphatic heterocycles. The topological polar surface area (TPSA) is 63.6 Å². The first-order chi connectivity index (χ1) is 8.99. The number of halogens is 1. The predicted octanol–water partition coefficient (Wildman–Crippen LogP) is 4.57. The Labute approximate surface area is 122 Å². The van der Waals surface area contributed by atoms with Gasteiger partial charge in [0.15, 0.2) is 0 Å². The predicted molar refractivity (Wildman–Crippen MR) is 82.4 cm³/mol. The number of nitrogens with two attached hydrogens (primary N) is 1. The molecule has 0 saturated carbocycles. The summed E-state index contributed by atoms with van der Waals surface area (Å²) in [5.74, 6) is 0. The van der Waals surface area contributed by atoms with Gasteiger partial charge < -0.3 is 5.73 Å². The average Bonchev–Trinajstić information content (AvgIpc) is 2.41. The Bertz CT molecular complexity index is 532. The molecule has 0 spiro atoms. The van der Waals surface area contributed by atoms with Gasteiger partial charge >= 0.3 is 0 Å². The second-order valence-corrected chi connectivity index (χ2v) is 4.88. The Hall–Kier alpha value is -1.49. The molecule has 1 rings (SSSR count). The van der Waals surface area contributed by atoms with Gasteiger partial charge in [0.2, 0.25) is 0 Å². The molecule has 0 aliphatic carbocycles. The van der Waals surface area contributed by atoms with Crippen molar-refractivity contribution in [1.29, 1.82) is 0 Å². The van der Waals surface area contributed by atoms with Gasteiger partial charge in [-0.2, -0.15) is 5.11 Å². The fourth-order valence-electron chi connectivity index (χ4n) is 1.40. The molecule has 0 aliphatic rings. The number of aromatic nitrogens is 1. The lowest BCUT2D eigenvalue weighted by Gasteiger charge is -2.04. The van der Waals surface area contributed by atoms with E-state index in [1.165, 1.54) is 0 Å². The fourth-order valence-corrected chi connectivity index (χ4v) is 1.73. The van der Waals surface area contributed by atoms with Crippen molar-refractivity contribution >= 4 is 21.6 Å². The highest BCUT2D eigenvalue weighted by molar-refractivity contribution is 9.10. The first-order valence-electron chi connectivity index (χ1n) is 6.21. The molecule has 19 heavy (non-hydrogen) atoms. The van der Waals surface area contributed by atoms with E-state index in [1.807, 2.05) is 32.9 Å². The van der Waals surface area contributed by atoms with Crippen LogP contribution in [0, 0.1) is 6.92 Å². The molecule has 0 atom stereocenters. The SMILES string of the molecule is C=C(/N=N\C(CC)=C(/N)CC)c1ccc(C)c(Br)n1. The van der Waals surface area contributed by atoms with Crippen LogP contribution in [-0.2, 0) is 0 Å². The number of allylic oxidation sites excluding steroid dienone is 2. The summed E-state index contributed by atoms with van der Waals surface area (Å²) in [7, 11) is 0. The smallest absolute Gasteiger partial charge is 0.109 e. The van der Waals surface area contributed by atoms with E-state index < -0.39 is 0 Å². The number of azo groups is 1. The van der Waals surface area contributed by atoms with E-state index in [1.54, 1.807) is 0 Å². The molecule has 0 aromatic carbocycles. The number of hydrogen-bond acceptors (Lipinski definition) is 4. The van der Waals surface area contributed by atoms with Crippen LogP contribution in [0.15, 0.2) is 44.9 Å². The van der Waals surface area contributed by atoms with E-state index in [0.717, 1.165) is 34.4 Å². The normalized spacial score (nSPS) is 12.6. The molecule has 5 heteroatoms. The molecule has 0 fully saturated rings. The maximum absolute atomic E-state index is 5.87. The van der Waals surface area contributed by atoms with E-state index in [0.29, 0.717) is 11.4 Å². The third-order valence-electron chi connectivity index (χ3n) is 2.71. The van der Waals surface area contributed by atoms with Crippen molar-refractivity contribution in [1.82, 2.24) is 4.98 Å². The van der Waals surface area contributed by atoms with Crippen LogP contribution in [0.25, 0.3) is 5.70 Å². The van der Waals surface area contributed by atoms with Gasteiger partial charge in [-0.15, -0.1) is 5.11 Å². The minimum absolute atomic E-state index is 0.524. The van der Waals surface area contributed by atoms with Crippen LogP contribution in [0.3, 0.4) is 0 Å². The number of rotatable bonds is 5. The largest absolute Gasteiger partial charge is 0.401 e. The van der Waals surface area contributed by atoms with Crippen LogP contribution in [-0.4, -0.2) is 4.98 Å². The van der Waals surface area contributed by atoms with Crippen molar-refractivity contribution in [2.75, 3.05) is 0 Å². The monoisotopic (exact) mass is 322 g/mol. The van der Waals surface area contributed by atoms with Gasteiger partial charge in [-0.25, -0.2) is 4.98 Å². The lowest BCUT2D eigenvalue weighted by atomic mass is 10.2. The fraction of sp³-hybridized carbons (Fsp3) is 0.357. The Morgan fingerprint density at radius 1 is 1.32 bits per heavy atom. The highest BCUT2D eigenvalue weighted by Crippen LogP contribution is 2.20. The minimum Gasteiger partial charge on any atom is -0.401 e. The van der Waals surface area contributed by atoms with Crippen LogP contribution in [0.2, 0.25) is 0 Å². The summed E-state index contributed by atoms with van der Waals surface area (Å²) in [6, 6.07) is 3.84. The molecule has 4 nitrogen and oxygen atoms in total. The maximum atomic E-state index is 5.87. The van der Waals surface area contributed by atoms with Crippen molar-refractivity contribution in [2.24, 2.45) is 16.0 Å². The standard InChI is InChI=1S/C14H19BrN4/c1-5-11(16)12(6-2)19-18-10(4)13-8-7-9(3)14(15)17-13/h7-8H,4-6,16H2,1-3H3/b12-11-,19-18-. The molecular formula is C14H19BrN4. The van der Waals surface area contributed by atoms with Gasteiger partial charge in [0.25, 0.3) is 0 Å². The van der Waals surface area contributed by atoms with Crippen molar-refractivity contribution in [3.05, 3.63) is 46.0 Å². The zero-order valence-corrected chi connectivity index (χ0v) is 13.2. The Morgan fingerprint density at radius 3 is 2.53 bits per heavy atom.